The number of methoxy groups -OCH3 is 1. The number of hydrogen-bond donors (Lipinski definition) is 1. The second-order valence-corrected chi connectivity index (χ2v) is 2.97. The first-order valence-corrected chi connectivity index (χ1v) is 3.83. The number of esters is 1. The SMILES string of the molecule is COC(=O)/C=C(/I)CCO. The van der Waals surface area contributed by atoms with Gasteiger partial charge in [0, 0.05) is 22.7 Å². The van der Waals surface area contributed by atoms with Crippen molar-refractivity contribution >= 4 is 28.6 Å². The van der Waals surface area contributed by atoms with E-state index in [1.807, 2.05) is 22.6 Å². The maximum absolute atomic E-state index is 10.5. The van der Waals surface area contributed by atoms with E-state index in [9.17, 15) is 4.79 Å². The van der Waals surface area contributed by atoms with E-state index in [-0.39, 0.29) is 12.6 Å². The number of aliphatic hydroxyl groups excluding tert-OH is 1. The third kappa shape index (κ3) is 4.75. The molecular formula is C6H9IO3. The Morgan fingerprint density at radius 3 is 2.80 bits per heavy atom. The molecule has 0 aliphatic carbocycles. The van der Waals surface area contributed by atoms with Crippen LogP contribution in [0.1, 0.15) is 6.42 Å². The van der Waals surface area contributed by atoms with Crippen molar-refractivity contribution in [3.05, 3.63) is 9.66 Å². The lowest BCUT2D eigenvalue weighted by Gasteiger charge is -1.93. The molecule has 0 bridgehead atoms. The van der Waals surface area contributed by atoms with Crippen LogP contribution >= 0.6 is 22.6 Å². The molecule has 0 rings (SSSR count). The Morgan fingerprint density at radius 2 is 2.40 bits per heavy atom. The van der Waals surface area contributed by atoms with Gasteiger partial charge >= 0.3 is 5.97 Å². The Balaban J connectivity index is 3.77. The topological polar surface area (TPSA) is 46.5 Å². The molecule has 0 atom stereocenters. The molecule has 58 valence electrons. The van der Waals surface area contributed by atoms with Crippen LogP contribution < -0.4 is 0 Å². The van der Waals surface area contributed by atoms with Crippen LogP contribution in [0, 0.1) is 0 Å². The van der Waals surface area contributed by atoms with Gasteiger partial charge in [-0.3, -0.25) is 0 Å². The Hall–Kier alpha value is -0.100. The highest BCUT2D eigenvalue weighted by molar-refractivity contribution is 14.1. The van der Waals surface area contributed by atoms with Gasteiger partial charge in [0.1, 0.15) is 0 Å². The van der Waals surface area contributed by atoms with Crippen molar-refractivity contribution in [1.29, 1.82) is 0 Å². The minimum atomic E-state index is -0.377. The Bertz CT molecular complexity index is 142. The average molecular weight is 256 g/mol. The third-order valence-electron chi connectivity index (χ3n) is 0.826. The fourth-order valence-corrected chi connectivity index (χ4v) is 0.861. The number of rotatable bonds is 3. The molecule has 1 N–H and O–H groups in total. The normalized spacial score (nSPS) is 11.3. The van der Waals surface area contributed by atoms with Gasteiger partial charge in [-0.05, 0) is 22.6 Å². The number of aliphatic hydroxyl groups is 1. The van der Waals surface area contributed by atoms with Gasteiger partial charge in [-0.1, -0.05) is 0 Å². The predicted molar refractivity (Wildman–Crippen MR) is 45.8 cm³/mol. The summed E-state index contributed by atoms with van der Waals surface area (Å²) < 4.78 is 5.16. The van der Waals surface area contributed by atoms with Crippen LogP contribution in [-0.2, 0) is 9.53 Å². The van der Waals surface area contributed by atoms with Crippen LogP contribution in [0.5, 0.6) is 0 Å². The molecule has 0 saturated carbocycles. The summed E-state index contributed by atoms with van der Waals surface area (Å²) in [6, 6.07) is 0. The summed E-state index contributed by atoms with van der Waals surface area (Å²) in [6.45, 7) is 0.0613. The molecule has 0 unspecified atom stereocenters. The summed E-state index contributed by atoms with van der Waals surface area (Å²) >= 11 is 1.98. The Kier molecular flexibility index (Phi) is 5.61. The standard InChI is InChI=1S/C6H9IO3/c1-10-6(9)4-5(7)2-3-8/h4,8H,2-3H2,1H3/b5-4+. The van der Waals surface area contributed by atoms with Gasteiger partial charge < -0.3 is 9.84 Å². The first kappa shape index (κ1) is 9.90. The van der Waals surface area contributed by atoms with Crippen molar-refractivity contribution in [2.75, 3.05) is 13.7 Å². The minimum Gasteiger partial charge on any atom is -0.466 e. The lowest BCUT2D eigenvalue weighted by atomic mass is 10.4. The number of hydrogen-bond acceptors (Lipinski definition) is 3. The monoisotopic (exact) mass is 256 g/mol. The fourth-order valence-electron chi connectivity index (χ4n) is 0.366. The molecule has 0 radical (unpaired) electrons. The van der Waals surface area contributed by atoms with Crippen molar-refractivity contribution in [3.63, 3.8) is 0 Å². The van der Waals surface area contributed by atoms with Crippen molar-refractivity contribution in [2.45, 2.75) is 6.42 Å². The van der Waals surface area contributed by atoms with Gasteiger partial charge in [0.25, 0.3) is 0 Å². The number of halogens is 1. The molecule has 0 aromatic heterocycles. The van der Waals surface area contributed by atoms with Crippen molar-refractivity contribution in [2.24, 2.45) is 0 Å². The van der Waals surface area contributed by atoms with Gasteiger partial charge in [0.2, 0.25) is 0 Å². The van der Waals surface area contributed by atoms with Gasteiger partial charge in [0.15, 0.2) is 0 Å². The predicted octanol–water partition coefficient (Wildman–Crippen LogP) is 0.861. The Labute approximate surface area is 73.2 Å². The molecule has 0 amide bonds. The Morgan fingerprint density at radius 1 is 1.80 bits per heavy atom. The molecule has 0 aliphatic rings. The second-order valence-electron chi connectivity index (χ2n) is 1.59. The first-order valence-electron chi connectivity index (χ1n) is 2.75. The third-order valence-corrected chi connectivity index (χ3v) is 1.68. The van der Waals surface area contributed by atoms with Crippen molar-refractivity contribution in [3.8, 4) is 0 Å². The van der Waals surface area contributed by atoms with E-state index in [1.165, 1.54) is 13.2 Å². The maximum Gasteiger partial charge on any atom is 0.331 e. The summed E-state index contributed by atoms with van der Waals surface area (Å²) in [4.78, 5) is 10.5. The largest absolute Gasteiger partial charge is 0.466 e. The van der Waals surface area contributed by atoms with Crippen LogP contribution in [0.15, 0.2) is 9.66 Å². The molecule has 0 spiro atoms. The summed E-state index contributed by atoms with van der Waals surface area (Å²) in [7, 11) is 1.32. The van der Waals surface area contributed by atoms with Crippen LogP contribution in [0.4, 0.5) is 0 Å². The zero-order valence-electron chi connectivity index (χ0n) is 5.63. The van der Waals surface area contributed by atoms with Crippen LogP contribution in [0.3, 0.4) is 0 Å². The molecule has 4 heteroatoms. The molecule has 0 aromatic carbocycles. The fraction of sp³-hybridized carbons (Fsp3) is 0.500. The van der Waals surface area contributed by atoms with Gasteiger partial charge in [0.05, 0.1) is 7.11 Å². The smallest absolute Gasteiger partial charge is 0.331 e. The molecule has 0 aromatic rings. The van der Waals surface area contributed by atoms with E-state index in [4.69, 9.17) is 5.11 Å². The molecule has 0 heterocycles. The van der Waals surface area contributed by atoms with E-state index in [2.05, 4.69) is 4.74 Å². The molecule has 0 saturated heterocycles. The quantitative estimate of drug-likeness (QED) is 0.463. The highest BCUT2D eigenvalue weighted by Gasteiger charge is 1.96. The molecular weight excluding hydrogens is 247 g/mol. The lowest BCUT2D eigenvalue weighted by molar-refractivity contribution is -0.134. The molecule has 3 nitrogen and oxygen atoms in total. The summed E-state index contributed by atoms with van der Waals surface area (Å²) in [6.07, 6.45) is 1.87. The van der Waals surface area contributed by atoms with Crippen molar-refractivity contribution < 1.29 is 14.6 Å². The zero-order chi connectivity index (χ0) is 7.98. The molecule has 0 aliphatic heterocycles. The number of carbonyl (C=O) groups excluding carboxylic acids is 1. The van der Waals surface area contributed by atoms with Gasteiger partial charge in [-0.2, -0.15) is 0 Å². The highest BCUT2D eigenvalue weighted by Crippen LogP contribution is 2.09. The summed E-state index contributed by atoms with van der Waals surface area (Å²) in [5, 5.41) is 8.42. The first-order chi connectivity index (χ1) is 4.70. The van der Waals surface area contributed by atoms with Crippen molar-refractivity contribution in [1.82, 2.24) is 0 Å². The van der Waals surface area contributed by atoms with E-state index in [0.717, 1.165) is 3.58 Å². The highest BCUT2D eigenvalue weighted by atomic mass is 127. The summed E-state index contributed by atoms with van der Waals surface area (Å²) in [5.41, 5.74) is 0. The van der Waals surface area contributed by atoms with E-state index < -0.39 is 0 Å². The molecule has 0 fully saturated rings. The van der Waals surface area contributed by atoms with E-state index in [0.29, 0.717) is 6.42 Å². The van der Waals surface area contributed by atoms with E-state index >= 15 is 0 Å². The van der Waals surface area contributed by atoms with Crippen LogP contribution in [0.25, 0.3) is 0 Å². The molecule has 10 heavy (non-hydrogen) atoms. The summed E-state index contributed by atoms with van der Waals surface area (Å²) in [5.74, 6) is -0.377. The van der Waals surface area contributed by atoms with E-state index in [1.54, 1.807) is 0 Å². The maximum atomic E-state index is 10.5. The lowest BCUT2D eigenvalue weighted by Crippen LogP contribution is -1.95. The minimum absolute atomic E-state index is 0.0613. The average Bonchev–Trinajstić information content (AvgIpc) is 1.88. The second kappa shape index (κ2) is 5.67. The number of carbonyl (C=O) groups is 1. The van der Waals surface area contributed by atoms with Gasteiger partial charge in [-0.25, -0.2) is 4.79 Å². The zero-order valence-corrected chi connectivity index (χ0v) is 7.79. The number of ether oxygens (including phenoxy) is 1. The van der Waals surface area contributed by atoms with Crippen LogP contribution in [-0.4, -0.2) is 24.8 Å². The van der Waals surface area contributed by atoms with Crippen LogP contribution in [0.2, 0.25) is 0 Å². The van der Waals surface area contributed by atoms with Gasteiger partial charge in [-0.15, -0.1) is 0 Å².